The van der Waals surface area contributed by atoms with Crippen molar-refractivity contribution in [2.24, 2.45) is 0 Å². The Labute approximate surface area is 73.8 Å². The SMILES string of the molecule is CSc1nc(C)c(CCl)s1. The van der Waals surface area contributed by atoms with Gasteiger partial charge in [-0.2, -0.15) is 0 Å². The Morgan fingerprint density at radius 2 is 2.40 bits per heavy atom. The molecule has 0 fully saturated rings. The van der Waals surface area contributed by atoms with Crippen molar-refractivity contribution in [2.75, 3.05) is 6.26 Å². The van der Waals surface area contributed by atoms with Gasteiger partial charge < -0.3 is 0 Å². The van der Waals surface area contributed by atoms with E-state index in [9.17, 15) is 0 Å². The van der Waals surface area contributed by atoms with E-state index >= 15 is 0 Å². The lowest BCUT2D eigenvalue weighted by atomic mass is 10.4. The van der Waals surface area contributed by atoms with Gasteiger partial charge in [-0.25, -0.2) is 4.98 Å². The summed E-state index contributed by atoms with van der Waals surface area (Å²) in [4.78, 5) is 5.48. The molecule has 1 nitrogen and oxygen atoms in total. The van der Waals surface area contributed by atoms with Gasteiger partial charge in [-0.05, 0) is 13.2 Å². The topological polar surface area (TPSA) is 12.9 Å². The lowest BCUT2D eigenvalue weighted by molar-refractivity contribution is 1.14. The van der Waals surface area contributed by atoms with Gasteiger partial charge in [0, 0.05) is 4.88 Å². The van der Waals surface area contributed by atoms with Crippen LogP contribution in [0.4, 0.5) is 0 Å². The molecule has 0 bridgehead atoms. The van der Waals surface area contributed by atoms with Crippen LogP contribution in [0.5, 0.6) is 0 Å². The van der Waals surface area contributed by atoms with Gasteiger partial charge in [0.25, 0.3) is 0 Å². The van der Waals surface area contributed by atoms with Crippen molar-refractivity contribution in [3.63, 3.8) is 0 Å². The highest BCUT2D eigenvalue weighted by Gasteiger charge is 2.03. The van der Waals surface area contributed by atoms with E-state index in [1.54, 1.807) is 23.1 Å². The first kappa shape index (κ1) is 8.37. The number of aryl methyl sites for hydroxylation is 1. The molecule has 0 aliphatic heterocycles. The van der Waals surface area contributed by atoms with Crippen LogP contribution in [0, 0.1) is 6.92 Å². The summed E-state index contributed by atoms with van der Waals surface area (Å²) in [6.45, 7) is 1.99. The summed E-state index contributed by atoms with van der Waals surface area (Å²) >= 11 is 9.01. The largest absolute Gasteiger partial charge is 0.235 e. The quantitative estimate of drug-likeness (QED) is 0.529. The summed E-state index contributed by atoms with van der Waals surface area (Å²) in [6.07, 6.45) is 2.02. The monoisotopic (exact) mass is 193 g/mol. The number of halogens is 1. The molecule has 4 heteroatoms. The summed E-state index contributed by atoms with van der Waals surface area (Å²) in [5.41, 5.74) is 1.07. The van der Waals surface area contributed by atoms with Gasteiger partial charge in [0.15, 0.2) is 0 Å². The van der Waals surface area contributed by atoms with Gasteiger partial charge >= 0.3 is 0 Å². The third-order valence-electron chi connectivity index (χ3n) is 1.17. The summed E-state index contributed by atoms with van der Waals surface area (Å²) in [5, 5.41) is 0. The number of thiazole rings is 1. The average Bonchev–Trinajstić information content (AvgIpc) is 2.30. The molecule has 1 aromatic rings. The Morgan fingerprint density at radius 3 is 2.70 bits per heavy atom. The second kappa shape index (κ2) is 3.60. The highest BCUT2D eigenvalue weighted by molar-refractivity contribution is 8.00. The fourth-order valence-corrected chi connectivity index (χ4v) is 2.47. The highest BCUT2D eigenvalue weighted by atomic mass is 35.5. The van der Waals surface area contributed by atoms with Crippen LogP contribution in [0.15, 0.2) is 4.34 Å². The second-order valence-electron chi connectivity index (χ2n) is 1.83. The van der Waals surface area contributed by atoms with Crippen molar-refractivity contribution in [2.45, 2.75) is 17.1 Å². The summed E-state index contributed by atoms with van der Waals surface area (Å²) in [6, 6.07) is 0. The first-order valence-electron chi connectivity index (χ1n) is 2.84. The van der Waals surface area contributed by atoms with E-state index in [-0.39, 0.29) is 0 Å². The number of nitrogens with zero attached hydrogens (tertiary/aromatic N) is 1. The van der Waals surface area contributed by atoms with Gasteiger partial charge in [0.2, 0.25) is 0 Å². The van der Waals surface area contributed by atoms with Gasteiger partial charge in [-0.3, -0.25) is 0 Å². The molecule has 0 unspecified atom stereocenters. The molecule has 0 aliphatic rings. The minimum atomic E-state index is 0.587. The molecule has 1 heterocycles. The van der Waals surface area contributed by atoms with Gasteiger partial charge in [0.1, 0.15) is 4.34 Å². The van der Waals surface area contributed by atoms with E-state index in [2.05, 4.69) is 4.98 Å². The maximum atomic E-state index is 5.66. The van der Waals surface area contributed by atoms with Crippen molar-refractivity contribution in [1.82, 2.24) is 4.98 Å². The smallest absolute Gasteiger partial charge is 0.150 e. The molecule has 0 saturated carbocycles. The first-order chi connectivity index (χ1) is 4.77. The second-order valence-corrected chi connectivity index (χ2v) is 4.23. The predicted molar refractivity (Wildman–Crippen MR) is 48.2 cm³/mol. The molecule has 0 N–H and O–H groups in total. The Kier molecular flexibility index (Phi) is 3.01. The molecule has 56 valence electrons. The summed E-state index contributed by atoms with van der Waals surface area (Å²) in [5.74, 6) is 0.587. The molecular weight excluding hydrogens is 186 g/mol. The van der Waals surface area contributed by atoms with Crippen LogP contribution in [0.2, 0.25) is 0 Å². The molecule has 0 amide bonds. The van der Waals surface area contributed by atoms with E-state index in [0.29, 0.717) is 5.88 Å². The van der Waals surface area contributed by atoms with Crippen LogP contribution in [0.1, 0.15) is 10.6 Å². The van der Waals surface area contributed by atoms with E-state index < -0.39 is 0 Å². The maximum Gasteiger partial charge on any atom is 0.150 e. The lowest BCUT2D eigenvalue weighted by Crippen LogP contribution is -1.75. The molecule has 0 atom stereocenters. The molecular formula is C6H8ClNS2. The molecule has 0 spiro atoms. The van der Waals surface area contributed by atoms with E-state index in [4.69, 9.17) is 11.6 Å². The number of hydrogen-bond donors (Lipinski definition) is 0. The van der Waals surface area contributed by atoms with Crippen molar-refractivity contribution < 1.29 is 0 Å². The van der Waals surface area contributed by atoms with Crippen LogP contribution < -0.4 is 0 Å². The van der Waals surface area contributed by atoms with Crippen molar-refractivity contribution >= 4 is 34.7 Å². The van der Waals surface area contributed by atoms with Gasteiger partial charge in [0.05, 0.1) is 11.6 Å². The Morgan fingerprint density at radius 1 is 1.70 bits per heavy atom. The van der Waals surface area contributed by atoms with Crippen molar-refractivity contribution in [3.8, 4) is 0 Å². The fraction of sp³-hybridized carbons (Fsp3) is 0.500. The van der Waals surface area contributed by atoms with E-state index in [1.807, 2.05) is 13.2 Å². The normalized spacial score (nSPS) is 10.3. The fourth-order valence-electron chi connectivity index (χ4n) is 0.613. The van der Waals surface area contributed by atoms with Crippen molar-refractivity contribution in [1.29, 1.82) is 0 Å². The van der Waals surface area contributed by atoms with Crippen LogP contribution in [-0.4, -0.2) is 11.2 Å². The Bertz CT molecular complexity index is 222. The minimum Gasteiger partial charge on any atom is -0.235 e. The van der Waals surface area contributed by atoms with Gasteiger partial charge in [-0.1, -0.05) is 11.8 Å². The zero-order valence-electron chi connectivity index (χ0n) is 5.85. The first-order valence-corrected chi connectivity index (χ1v) is 5.41. The van der Waals surface area contributed by atoms with Crippen LogP contribution in [0.3, 0.4) is 0 Å². The number of alkyl halides is 1. The zero-order chi connectivity index (χ0) is 7.56. The molecule has 0 radical (unpaired) electrons. The van der Waals surface area contributed by atoms with Crippen LogP contribution in [0.25, 0.3) is 0 Å². The number of aromatic nitrogens is 1. The number of hydrogen-bond acceptors (Lipinski definition) is 3. The Hall–Kier alpha value is 0.270. The molecule has 0 aromatic carbocycles. The third kappa shape index (κ3) is 1.65. The summed E-state index contributed by atoms with van der Waals surface area (Å²) < 4.78 is 1.10. The van der Waals surface area contributed by atoms with Crippen molar-refractivity contribution in [3.05, 3.63) is 10.6 Å². The van der Waals surface area contributed by atoms with E-state index in [1.165, 1.54) is 4.88 Å². The zero-order valence-corrected chi connectivity index (χ0v) is 8.24. The number of rotatable bonds is 2. The standard InChI is InChI=1S/C6H8ClNS2/c1-4-5(3-7)10-6(8-4)9-2/h3H2,1-2H3. The predicted octanol–water partition coefficient (Wildman–Crippen LogP) is 2.91. The van der Waals surface area contributed by atoms with E-state index in [0.717, 1.165) is 10.0 Å². The third-order valence-corrected chi connectivity index (χ3v) is 3.74. The minimum absolute atomic E-state index is 0.587. The van der Waals surface area contributed by atoms with Crippen LogP contribution >= 0.6 is 34.7 Å². The average molecular weight is 194 g/mol. The Balaban J connectivity index is 2.92. The summed E-state index contributed by atoms with van der Waals surface area (Å²) in [7, 11) is 0. The van der Waals surface area contributed by atoms with Gasteiger partial charge in [-0.15, -0.1) is 22.9 Å². The lowest BCUT2D eigenvalue weighted by Gasteiger charge is -1.83. The maximum absolute atomic E-state index is 5.66. The highest BCUT2D eigenvalue weighted by Crippen LogP contribution is 2.26. The molecule has 0 saturated heterocycles. The molecule has 0 aliphatic carbocycles. The van der Waals surface area contributed by atoms with Crippen LogP contribution in [-0.2, 0) is 5.88 Å². The number of thioether (sulfide) groups is 1. The molecule has 10 heavy (non-hydrogen) atoms. The molecule has 1 aromatic heterocycles. The molecule has 1 rings (SSSR count).